The first-order valence-corrected chi connectivity index (χ1v) is 6.68. The Morgan fingerprint density at radius 2 is 2.00 bits per heavy atom. The van der Waals surface area contributed by atoms with Crippen molar-refractivity contribution in [2.24, 2.45) is 0 Å². The van der Waals surface area contributed by atoms with Crippen LogP contribution in [0.5, 0.6) is 0 Å². The fraction of sp³-hybridized carbons (Fsp3) is 0. The Hall–Kier alpha value is -0.450. The van der Waals surface area contributed by atoms with Crippen LogP contribution in [0.1, 0.15) is 15.2 Å². The number of hydrogen-bond acceptors (Lipinski definition) is 2. The number of halogens is 2. The molecule has 0 atom stereocenters. The molecule has 2 aromatic rings. The monoisotopic (exact) mass is 344 g/mol. The van der Waals surface area contributed by atoms with Gasteiger partial charge < -0.3 is 0 Å². The highest BCUT2D eigenvalue weighted by Crippen LogP contribution is 2.26. The molecule has 2 rings (SSSR count). The van der Waals surface area contributed by atoms with Gasteiger partial charge in [-0.2, -0.15) is 0 Å². The molecule has 0 amide bonds. The summed E-state index contributed by atoms with van der Waals surface area (Å²) >= 11 is 8.16. The van der Waals surface area contributed by atoms with Crippen molar-refractivity contribution >= 4 is 49.0 Å². The maximum atomic E-state index is 12.0. The first-order chi connectivity index (χ1) is 7.18. The molecular weight excluding hydrogens is 340 g/mol. The van der Waals surface area contributed by atoms with Crippen LogP contribution in [0.3, 0.4) is 0 Å². The maximum absolute atomic E-state index is 12.0. The van der Waals surface area contributed by atoms with E-state index in [-0.39, 0.29) is 5.78 Å². The van der Waals surface area contributed by atoms with Crippen LogP contribution >= 0.6 is 43.2 Å². The normalized spacial score (nSPS) is 10.3. The average molecular weight is 346 g/mol. The van der Waals surface area contributed by atoms with Crippen molar-refractivity contribution in [1.29, 1.82) is 0 Å². The molecule has 4 heteroatoms. The van der Waals surface area contributed by atoms with Crippen molar-refractivity contribution in [3.05, 3.63) is 55.1 Å². The highest BCUT2D eigenvalue weighted by atomic mass is 79.9. The summed E-state index contributed by atoms with van der Waals surface area (Å²) in [5.41, 5.74) is 0.701. The number of hydrogen-bond donors (Lipinski definition) is 0. The Labute approximate surface area is 108 Å². The molecule has 0 spiro atoms. The first kappa shape index (κ1) is 11.0. The standard InChI is InChI=1S/C11H6Br2OS/c12-8-3-1-2-7(6-8)10(14)11-9(13)4-5-15-11/h1-6H. The van der Waals surface area contributed by atoms with Gasteiger partial charge in [-0.3, -0.25) is 4.79 Å². The third kappa shape index (κ3) is 2.38. The van der Waals surface area contributed by atoms with E-state index in [2.05, 4.69) is 31.9 Å². The lowest BCUT2D eigenvalue weighted by molar-refractivity contribution is 0.104. The molecule has 0 N–H and O–H groups in total. The van der Waals surface area contributed by atoms with E-state index in [1.807, 2.05) is 35.7 Å². The van der Waals surface area contributed by atoms with Gasteiger partial charge in [0.25, 0.3) is 0 Å². The zero-order chi connectivity index (χ0) is 10.8. The van der Waals surface area contributed by atoms with E-state index in [0.29, 0.717) is 5.56 Å². The fourth-order valence-electron chi connectivity index (χ4n) is 1.22. The van der Waals surface area contributed by atoms with E-state index in [9.17, 15) is 4.79 Å². The van der Waals surface area contributed by atoms with Crippen LogP contribution in [0.15, 0.2) is 44.7 Å². The largest absolute Gasteiger partial charge is 0.288 e. The number of rotatable bonds is 2. The van der Waals surface area contributed by atoms with Crippen molar-refractivity contribution in [2.45, 2.75) is 0 Å². The summed E-state index contributed by atoms with van der Waals surface area (Å²) in [6, 6.07) is 9.29. The Bertz CT molecular complexity index is 505. The summed E-state index contributed by atoms with van der Waals surface area (Å²) in [5, 5.41) is 1.90. The van der Waals surface area contributed by atoms with Crippen LogP contribution in [-0.4, -0.2) is 5.78 Å². The fourth-order valence-corrected chi connectivity index (χ4v) is 3.13. The molecule has 0 unspecified atom stereocenters. The summed E-state index contributed by atoms with van der Waals surface area (Å²) in [6.07, 6.45) is 0. The lowest BCUT2D eigenvalue weighted by Crippen LogP contribution is -1.98. The second-order valence-electron chi connectivity index (χ2n) is 2.94. The minimum absolute atomic E-state index is 0.0539. The Kier molecular flexibility index (Phi) is 3.38. The number of ketones is 1. The molecule has 0 aliphatic rings. The lowest BCUT2D eigenvalue weighted by atomic mass is 10.1. The number of benzene rings is 1. The van der Waals surface area contributed by atoms with E-state index < -0.39 is 0 Å². The van der Waals surface area contributed by atoms with Gasteiger partial charge in [0.1, 0.15) is 0 Å². The molecule has 1 nitrogen and oxygen atoms in total. The molecule has 0 radical (unpaired) electrons. The second-order valence-corrected chi connectivity index (χ2v) is 5.62. The van der Waals surface area contributed by atoms with Gasteiger partial charge in [-0.25, -0.2) is 0 Å². The predicted octanol–water partition coefficient (Wildman–Crippen LogP) is 4.50. The summed E-state index contributed by atoms with van der Waals surface area (Å²) in [4.78, 5) is 12.8. The highest BCUT2D eigenvalue weighted by molar-refractivity contribution is 9.10. The van der Waals surface area contributed by atoms with Gasteiger partial charge >= 0.3 is 0 Å². The van der Waals surface area contributed by atoms with E-state index in [4.69, 9.17) is 0 Å². The minimum atomic E-state index is 0.0539. The zero-order valence-electron chi connectivity index (χ0n) is 7.54. The summed E-state index contributed by atoms with van der Waals surface area (Å²) in [7, 11) is 0. The molecule has 15 heavy (non-hydrogen) atoms. The van der Waals surface area contributed by atoms with E-state index in [1.165, 1.54) is 11.3 Å². The van der Waals surface area contributed by atoms with Crippen LogP contribution in [-0.2, 0) is 0 Å². The van der Waals surface area contributed by atoms with Crippen molar-refractivity contribution in [3.63, 3.8) is 0 Å². The van der Waals surface area contributed by atoms with Crippen molar-refractivity contribution in [2.75, 3.05) is 0 Å². The molecule has 0 saturated carbocycles. The van der Waals surface area contributed by atoms with Crippen molar-refractivity contribution in [3.8, 4) is 0 Å². The molecular formula is C11H6Br2OS. The van der Waals surface area contributed by atoms with Crippen LogP contribution in [0.4, 0.5) is 0 Å². The SMILES string of the molecule is O=C(c1cccc(Br)c1)c1sccc1Br. The van der Waals surface area contributed by atoms with E-state index in [0.717, 1.165) is 13.8 Å². The Balaban J connectivity index is 2.41. The third-order valence-electron chi connectivity index (χ3n) is 1.91. The van der Waals surface area contributed by atoms with Gasteiger partial charge in [0.15, 0.2) is 0 Å². The molecule has 0 aliphatic heterocycles. The maximum Gasteiger partial charge on any atom is 0.204 e. The first-order valence-electron chi connectivity index (χ1n) is 4.22. The second kappa shape index (κ2) is 4.60. The smallest absolute Gasteiger partial charge is 0.204 e. The van der Waals surface area contributed by atoms with Gasteiger partial charge in [0.05, 0.1) is 4.88 Å². The Morgan fingerprint density at radius 1 is 1.20 bits per heavy atom. The molecule has 0 bridgehead atoms. The Morgan fingerprint density at radius 3 is 2.60 bits per heavy atom. The van der Waals surface area contributed by atoms with Gasteiger partial charge in [-0.15, -0.1) is 11.3 Å². The quantitative estimate of drug-likeness (QED) is 0.732. The van der Waals surface area contributed by atoms with Gasteiger partial charge in [-0.05, 0) is 39.5 Å². The van der Waals surface area contributed by atoms with Crippen LogP contribution in [0.2, 0.25) is 0 Å². The molecule has 1 aromatic heterocycles. The molecule has 0 saturated heterocycles. The van der Waals surface area contributed by atoms with E-state index >= 15 is 0 Å². The van der Waals surface area contributed by atoms with Gasteiger partial charge in [-0.1, -0.05) is 28.1 Å². The lowest BCUT2D eigenvalue weighted by Gasteiger charge is -1.99. The van der Waals surface area contributed by atoms with E-state index in [1.54, 1.807) is 0 Å². The molecule has 1 aromatic carbocycles. The van der Waals surface area contributed by atoms with Crippen molar-refractivity contribution < 1.29 is 4.79 Å². The highest BCUT2D eigenvalue weighted by Gasteiger charge is 2.13. The topological polar surface area (TPSA) is 17.1 Å². The number of carbonyl (C=O) groups excluding carboxylic acids is 1. The van der Waals surface area contributed by atoms with Crippen molar-refractivity contribution in [1.82, 2.24) is 0 Å². The molecule has 0 fully saturated rings. The average Bonchev–Trinajstić information content (AvgIpc) is 2.63. The molecule has 76 valence electrons. The van der Waals surface area contributed by atoms with Gasteiger partial charge in [0.2, 0.25) is 5.78 Å². The van der Waals surface area contributed by atoms with Gasteiger partial charge in [0, 0.05) is 14.5 Å². The van der Waals surface area contributed by atoms with Crippen LogP contribution < -0.4 is 0 Å². The number of carbonyl (C=O) groups is 1. The van der Waals surface area contributed by atoms with Crippen LogP contribution in [0, 0.1) is 0 Å². The number of thiophene rings is 1. The predicted molar refractivity (Wildman–Crippen MR) is 69.6 cm³/mol. The summed E-state index contributed by atoms with van der Waals surface area (Å²) in [5.74, 6) is 0.0539. The molecule has 1 heterocycles. The zero-order valence-corrected chi connectivity index (χ0v) is 11.5. The third-order valence-corrected chi connectivity index (χ3v) is 4.24. The summed E-state index contributed by atoms with van der Waals surface area (Å²) < 4.78 is 1.78. The van der Waals surface area contributed by atoms with Crippen LogP contribution in [0.25, 0.3) is 0 Å². The molecule has 0 aliphatic carbocycles. The summed E-state index contributed by atoms with van der Waals surface area (Å²) in [6.45, 7) is 0. The minimum Gasteiger partial charge on any atom is -0.288 e.